The third-order valence-electron chi connectivity index (χ3n) is 6.00. The molecule has 3 rings (SSSR count). The molecule has 33 heavy (non-hydrogen) atoms. The molecule has 1 aliphatic rings. The fourth-order valence-electron chi connectivity index (χ4n) is 4.19. The number of nitrogens with zero attached hydrogens (tertiary/aromatic N) is 2. The molecule has 1 atom stereocenters. The van der Waals surface area contributed by atoms with Crippen LogP contribution in [-0.4, -0.2) is 68.6 Å². The van der Waals surface area contributed by atoms with Gasteiger partial charge in [-0.05, 0) is 60.4 Å². The van der Waals surface area contributed by atoms with Gasteiger partial charge >= 0.3 is 0 Å². The molecule has 0 spiro atoms. The summed E-state index contributed by atoms with van der Waals surface area (Å²) in [5.74, 6) is -0.218. The number of hydrogen-bond donors (Lipinski definition) is 1. The number of amides is 2. The van der Waals surface area contributed by atoms with Crippen LogP contribution in [-0.2, 0) is 4.74 Å². The first kappa shape index (κ1) is 24.5. The van der Waals surface area contributed by atoms with Crippen molar-refractivity contribution in [2.75, 3.05) is 46.9 Å². The Hall–Kier alpha value is -3.19. The van der Waals surface area contributed by atoms with E-state index in [-0.39, 0.29) is 17.6 Å². The Morgan fingerprint density at radius 3 is 2.70 bits per heavy atom. The summed E-state index contributed by atoms with van der Waals surface area (Å²) in [6, 6.07) is 9.34. The van der Waals surface area contributed by atoms with Gasteiger partial charge in [0.2, 0.25) is 0 Å². The quantitative estimate of drug-likeness (QED) is 0.619. The topological polar surface area (TPSA) is 61.9 Å². The van der Waals surface area contributed by atoms with Gasteiger partial charge in [-0.25, -0.2) is 4.39 Å². The number of benzene rings is 2. The molecule has 1 heterocycles. The fraction of sp³-hybridized carbons (Fsp3) is 0.385. The highest BCUT2D eigenvalue weighted by molar-refractivity contribution is 5.95. The number of likely N-dealkylation sites (tertiary alicyclic amines) is 1. The average Bonchev–Trinajstić information content (AvgIpc) is 3.25. The molecule has 1 fully saturated rings. The first-order valence-electron chi connectivity index (χ1n) is 11.1. The van der Waals surface area contributed by atoms with E-state index in [0.717, 1.165) is 29.0 Å². The van der Waals surface area contributed by atoms with Crippen molar-refractivity contribution in [3.8, 4) is 0 Å². The lowest BCUT2D eigenvalue weighted by atomic mass is 10.0. The monoisotopic (exact) mass is 453 g/mol. The zero-order chi connectivity index (χ0) is 24.0. The molecule has 0 saturated carbocycles. The summed E-state index contributed by atoms with van der Waals surface area (Å²) in [4.78, 5) is 29.2. The van der Waals surface area contributed by atoms with Gasteiger partial charge in [0.25, 0.3) is 11.8 Å². The van der Waals surface area contributed by atoms with E-state index in [9.17, 15) is 14.0 Å². The maximum Gasteiger partial charge on any atom is 0.253 e. The van der Waals surface area contributed by atoms with E-state index < -0.39 is 0 Å². The van der Waals surface area contributed by atoms with E-state index in [1.165, 1.54) is 24.3 Å². The zero-order valence-corrected chi connectivity index (χ0v) is 19.6. The second-order valence-corrected chi connectivity index (χ2v) is 8.54. The minimum absolute atomic E-state index is 0.0628. The summed E-state index contributed by atoms with van der Waals surface area (Å²) < 4.78 is 18.1. The highest BCUT2D eigenvalue weighted by atomic mass is 19.1. The third-order valence-corrected chi connectivity index (χ3v) is 6.00. The van der Waals surface area contributed by atoms with Gasteiger partial charge in [0.15, 0.2) is 0 Å². The Morgan fingerprint density at radius 1 is 1.27 bits per heavy atom. The second-order valence-electron chi connectivity index (χ2n) is 8.54. The molecule has 0 aliphatic carbocycles. The van der Waals surface area contributed by atoms with Gasteiger partial charge in [-0.3, -0.25) is 9.59 Å². The minimum Gasteiger partial charge on any atom is -0.383 e. The number of hydrogen-bond acceptors (Lipinski definition) is 4. The van der Waals surface area contributed by atoms with Crippen LogP contribution in [0.2, 0.25) is 0 Å². The summed E-state index contributed by atoms with van der Waals surface area (Å²) in [5.41, 5.74) is 2.01. The van der Waals surface area contributed by atoms with Crippen molar-refractivity contribution in [2.45, 2.75) is 13.3 Å². The molecule has 0 aromatic heterocycles. The van der Waals surface area contributed by atoms with Gasteiger partial charge in [0.1, 0.15) is 5.82 Å². The Kier molecular flexibility index (Phi) is 8.22. The summed E-state index contributed by atoms with van der Waals surface area (Å²) in [6.45, 7) is 9.09. The number of carbonyl (C=O) groups is 2. The molecule has 1 saturated heterocycles. The number of nitrogens with one attached hydrogen (secondary N) is 1. The zero-order valence-electron chi connectivity index (χ0n) is 19.6. The molecule has 2 amide bonds. The molecule has 0 radical (unpaired) electrons. The molecule has 1 aliphatic heterocycles. The molecular formula is C26H32FN3O3. The van der Waals surface area contributed by atoms with Gasteiger partial charge < -0.3 is 19.9 Å². The van der Waals surface area contributed by atoms with Crippen LogP contribution in [0.3, 0.4) is 0 Å². The number of halogens is 1. The van der Waals surface area contributed by atoms with Crippen LogP contribution in [0.25, 0.3) is 12.8 Å². The van der Waals surface area contributed by atoms with Crippen molar-refractivity contribution in [3.05, 3.63) is 69.3 Å². The van der Waals surface area contributed by atoms with E-state index in [4.69, 9.17) is 4.74 Å². The van der Waals surface area contributed by atoms with E-state index in [2.05, 4.69) is 16.8 Å². The van der Waals surface area contributed by atoms with Crippen molar-refractivity contribution in [2.24, 2.45) is 5.92 Å². The molecular weight excluding hydrogens is 421 g/mol. The van der Waals surface area contributed by atoms with Crippen LogP contribution in [0.4, 0.5) is 4.39 Å². The number of rotatable bonds is 8. The van der Waals surface area contributed by atoms with Gasteiger partial charge in [-0.2, -0.15) is 0 Å². The normalized spacial score (nSPS) is 16.2. The fourth-order valence-corrected chi connectivity index (χ4v) is 4.19. The molecule has 7 heteroatoms. The van der Waals surface area contributed by atoms with Crippen molar-refractivity contribution in [1.29, 1.82) is 0 Å². The first-order chi connectivity index (χ1) is 15.8. The van der Waals surface area contributed by atoms with Crippen LogP contribution in [0.1, 0.15) is 32.7 Å². The number of methoxy groups -OCH3 is 1. The maximum atomic E-state index is 13.1. The van der Waals surface area contributed by atoms with Crippen LogP contribution < -0.4 is 15.8 Å². The Balaban J connectivity index is 1.67. The Morgan fingerprint density at radius 2 is 2.00 bits per heavy atom. The SMILES string of the molecule is C=c1ccc(C(=O)NCCOC)c(C)/c1=C/N(C)CC1CCN(C(=O)c2ccc(F)cc2)C1. The smallest absolute Gasteiger partial charge is 0.253 e. The van der Waals surface area contributed by atoms with E-state index in [1.807, 2.05) is 31.1 Å². The molecule has 2 aromatic rings. The highest BCUT2D eigenvalue weighted by Gasteiger charge is 2.27. The lowest BCUT2D eigenvalue weighted by Gasteiger charge is -2.21. The van der Waals surface area contributed by atoms with E-state index in [1.54, 1.807) is 13.2 Å². The van der Waals surface area contributed by atoms with E-state index >= 15 is 0 Å². The lowest BCUT2D eigenvalue weighted by molar-refractivity contribution is 0.0785. The average molecular weight is 454 g/mol. The highest BCUT2D eigenvalue weighted by Crippen LogP contribution is 2.20. The number of carbonyl (C=O) groups excluding carboxylic acids is 2. The molecule has 6 nitrogen and oxygen atoms in total. The maximum absolute atomic E-state index is 13.1. The largest absolute Gasteiger partial charge is 0.383 e. The second kappa shape index (κ2) is 11.1. The summed E-state index contributed by atoms with van der Waals surface area (Å²) >= 11 is 0. The summed E-state index contributed by atoms with van der Waals surface area (Å²) in [6.07, 6.45) is 2.93. The molecule has 0 bridgehead atoms. The van der Waals surface area contributed by atoms with Crippen LogP contribution in [0.15, 0.2) is 36.4 Å². The standard InChI is InChI=1S/C26H32FN3O3/c1-18-5-10-23(25(31)28-12-14-33-4)19(2)24(18)17-29(3)15-20-11-13-30(16-20)26(32)21-6-8-22(27)9-7-21/h5-10,17,20H,1,11-16H2,2-4H3,(H,28,31)/b24-17+. The van der Waals surface area contributed by atoms with Gasteiger partial charge in [0.05, 0.1) is 6.61 Å². The van der Waals surface area contributed by atoms with Crippen molar-refractivity contribution < 1.29 is 18.7 Å². The van der Waals surface area contributed by atoms with Crippen molar-refractivity contribution in [3.63, 3.8) is 0 Å². The van der Waals surface area contributed by atoms with Crippen LogP contribution >= 0.6 is 0 Å². The molecule has 1 N–H and O–H groups in total. The van der Waals surface area contributed by atoms with Crippen molar-refractivity contribution in [1.82, 2.24) is 15.1 Å². The number of ether oxygens (including phenoxy) is 1. The lowest BCUT2D eigenvalue weighted by Crippen LogP contribution is -2.35. The Bertz CT molecular complexity index is 1100. The summed E-state index contributed by atoms with van der Waals surface area (Å²) in [5, 5.41) is 4.64. The minimum atomic E-state index is -0.348. The predicted molar refractivity (Wildman–Crippen MR) is 128 cm³/mol. The van der Waals surface area contributed by atoms with Crippen LogP contribution in [0, 0.1) is 18.7 Å². The van der Waals surface area contributed by atoms with Gasteiger partial charge in [-0.1, -0.05) is 12.6 Å². The predicted octanol–water partition coefficient (Wildman–Crippen LogP) is 1.75. The van der Waals surface area contributed by atoms with Crippen molar-refractivity contribution >= 4 is 24.6 Å². The first-order valence-corrected chi connectivity index (χ1v) is 11.1. The van der Waals surface area contributed by atoms with Gasteiger partial charge in [-0.15, -0.1) is 0 Å². The third kappa shape index (κ3) is 6.20. The molecule has 176 valence electrons. The van der Waals surface area contributed by atoms with Crippen LogP contribution in [0.5, 0.6) is 0 Å². The Labute approximate surface area is 194 Å². The molecule has 2 aromatic carbocycles. The van der Waals surface area contributed by atoms with E-state index in [0.29, 0.717) is 43.3 Å². The summed E-state index contributed by atoms with van der Waals surface area (Å²) in [7, 11) is 3.59. The molecule has 1 unspecified atom stereocenters. The van der Waals surface area contributed by atoms with Gasteiger partial charge in [0, 0.05) is 62.9 Å².